The maximum absolute atomic E-state index is 12.4. The van der Waals surface area contributed by atoms with Crippen molar-refractivity contribution in [2.45, 2.75) is 25.9 Å². The first-order chi connectivity index (χ1) is 11.2. The van der Waals surface area contributed by atoms with E-state index in [9.17, 15) is 4.79 Å². The van der Waals surface area contributed by atoms with E-state index in [0.717, 1.165) is 12.8 Å². The molecule has 1 aliphatic heterocycles. The van der Waals surface area contributed by atoms with E-state index in [1.165, 1.54) is 12.4 Å². The molecule has 8 nitrogen and oxygen atoms in total. The Balaban J connectivity index is 1.94. The van der Waals surface area contributed by atoms with E-state index in [0.29, 0.717) is 38.7 Å². The molecule has 0 radical (unpaired) electrons. The Bertz CT molecular complexity index is 498. The molecule has 0 unspecified atom stereocenters. The number of anilines is 1. The summed E-state index contributed by atoms with van der Waals surface area (Å²) in [5, 5.41) is 2.76. The van der Waals surface area contributed by atoms with Crippen LogP contribution in [0.25, 0.3) is 0 Å². The van der Waals surface area contributed by atoms with Gasteiger partial charge >= 0.3 is 6.03 Å². The number of hydrogen-bond donors (Lipinski definition) is 1. The van der Waals surface area contributed by atoms with Crippen LogP contribution in [0.3, 0.4) is 0 Å². The zero-order valence-electron chi connectivity index (χ0n) is 13.7. The van der Waals surface area contributed by atoms with Gasteiger partial charge in [-0.3, -0.25) is 5.32 Å². The molecule has 128 valence electrons. The number of methoxy groups -OCH3 is 1. The third-order valence-corrected chi connectivity index (χ3v) is 3.48. The quantitative estimate of drug-likeness (QED) is 0.766. The van der Waals surface area contributed by atoms with Crippen LogP contribution in [-0.4, -0.2) is 67.0 Å². The van der Waals surface area contributed by atoms with Crippen LogP contribution in [0.4, 0.5) is 10.6 Å². The number of rotatable bonds is 7. The maximum atomic E-state index is 12.4. The summed E-state index contributed by atoms with van der Waals surface area (Å²) in [5.74, 6) is 0.600. The number of ether oxygens (including phenoxy) is 3. The van der Waals surface area contributed by atoms with Crippen molar-refractivity contribution in [3.05, 3.63) is 12.4 Å². The predicted molar refractivity (Wildman–Crippen MR) is 84.6 cm³/mol. The standard InChI is InChI=1S/C15H24N4O4/c1-3-22-12-5-4-8-19(11-12)15(20)18-13-14(17-7-6-16-13)23-10-9-21-2/h6-7,12H,3-5,8-11H2,1-2H3,(H,16,18,20)/t12-/m0/s1. The maximum Gasteiger partial charge on any atom is 0.323 e. The second-order valence-corrected chi connectivity index (χ2v) is 5.15. The number of piperidine rings is 1. The highest BCUT2D eigenvalue weighted by Crippen LogP contribution is 2.19. The highest BCUT2D eigenvalue weighted by atomic mass is 16.5. The van der Waals surface area contributed by atoms with Crippen LogP contribution in [0.15, 0.2) is 12.4 Å². The Morgan fingerprint density at radius 1 is 1.39 bits per heavy atom. The van der Waals surface area contributed by atoms with E-state index < -0.39 is 0 Å². The SMILES string of the molecule is CCO[C@H]1CCCN(C(=O)Nc2nccnc2OCCOC)C1. The van der Waals surface area contributed by atoms with Crippen LogP contribution >= 0.6 is 0 Å². The van der Waals surface area contributed by atoms with Crippen molar-refractivity contribution < 1.29 is 19.0 Å². The number of carbonyl (C=O) groups excluding carboxylic acids is 1. The zero-order chi connectivity index (χ0) is 16.5. The third-order valence-electron chi connectivity index (χ3n) is 3.48. The topological polar surface area (TPSA) is 85.8 Å². The monoisotopic (exact) mass is 324 g/mol. The van der Waals surface area contributed by atoms with Crippen molar-refractivity contribution in [3.63, 3.8) is 0 Å². The summed E-state index contributed by atoms with van der Waals surface area (Å²) < 4.78 is 16.0. The average Bonchev–Trinajstić information content (AvgIpc) is 2.57. The number of amides is 2. The van der Waals surface area contributed by atoms with Crippen molar-refractivity contribution in [3.8, 4) is 5.88 Å². The molecule has 1 fully saturated rings. The molecule has 2 rings (SSSR count). The fourth-order valence-corrected chi connectivity index (χ4v) is 2.41. The summed E-state index contributed by atoms with van der Waals surface area (Å²) in [5.41, 5.74) is 0. The molecule has 2 heterocycles. The van der Waals surface area contributed by atoms with Crippen LogP contribution in [-0.2, 0) is 9.47 Å². The van der Waals surface area contributed by atoms with Gasteiger partial charge in [-0.1, -0.05) is 0 Å². The van der Waals surface area contributed by atoms with Crippen molar-refractivity contribution in [2.24, 2.45) is 0 Å². The Kier molecular flexibility index (Phi) is 7.02. The predicted octanol–water partition coefficient (Wildman–Crippen LogP) is 1.53. The average molecular weight is 324 g/mol. The molecular formula is C15H24N4O4. The first kappa shape index (κ1) is 17.4. The summed E-state index contributed by atoms with van der Waals surface area (Å²) in [7, 11) is 1.59. The second kappa shape index (κ2) is 9.26. The molecule has 0 spiro atoms. The fourth-order valence-electron chi connectivity index (χ4n) is 2.41. The molecule has 1 aromatic rings. The Hall–Kier alpha value is -1.93. The van der Waals surface area contributed by atoms with Crippen LogP contribution in [0.2, 0.25) is 0 Å². The largest absolute Gasteiger partial charge is 0.473 e. The van der Waals surface area contributed by atoms with Gasteiger partial charge < -0.3 is 19.1 Å². The third kappa shape index (κ3) is 5.33. The summed E-state index contributed by atoms with van der Waals surface area (Å²) in [6, 6.07) is -0.216. The van der Waals surface area contributed by atoms with Gasteiger partial charge in [-0.2, -0.15) is 0 Å². The van der Waals surface area contributed by atoms with Gasteiger partial charge in [0, 0.05) is 39.2 Å². The highest BCUT2D eigenvalue weighted by Gasteiger charge is 2.24. The number of nitrogens with one attached hydrogen (secondary N) is 1. The van der Waals surface area contributed by atoms with Gasteiger partial charge in [-0.25, -0.2) is 14.8 Å². The van der Waals surface area contributed by atoms with Crippen molar-refractivity contribution >= 4 is 11.8 Å². The van der Waals surface area contributed by atoms with Crippen LogP contribution in [0.5, 0.6) is 5.88 Å². The van der Waals surface area contributed by atoms with Crippen molar-refractivity contribution in [1.82, 2.24) is 14.9 Å². The van der Waals surface area contributed by atoms with E-state index >= 15 is 0 Å². The lowest BCUT2D eigenvalue weighted by atomic mass is 10.1. The molecule has 0 bridgehead atoms. The van der Waals surface area contributed by atoms with Gasteiger partial charge in [0.05, 0.1) is 12.7 Å². The van der Waals surface area contributed by atoms with E-state index in [-0.39, 0.29) is 18.0 Å². The lowest BCUT2D eigenvalue weighted by molar-refractivity contribution is 0.0181. The smallest absolute Gasteiger partial charge is 0.323 e. The summed E-state index contributed by atoms with van der Waals surface area (Å²) >= 11 is 0. The Morgan fingerprint density at radius 3 is 3.00 bits per heavy atom. The molecule has 0 aromatic carbocycles. The first-order valence-corrected chi connectivity index (χ1v) is 7.84. The van der Waals surface area contributed by atoms with E-state index in [1.807, 2.05) is 6.92 Å². The number of aromatic nitrogens is 2. The van der Waals surface area contributed by atoms with Gasteiger partial charge in [0.2, 0.25) is 0 Å². The van der Waals surface area contributed by atoms with E-state index in [4.69, 9.17) is 14.2 Å². The van der Waals surface area contributed by atoms with Gasteiger partial charge in [-0.05, 0) is 19.8 Å². The Morgan fingerprint density at radius 2 is 2.22 bits per heavy atom. The molecule has 23 heavy (non-hydrogen) atoms. The fraction of sp³-hybridized carbons (Fsp3) is 0.667. The first-order valence-electron chi connectivity index (χ1n) is 7.84. The lowest BCUT2D eigenvalue weighted by Crippen LogP contribution is -2.45. The number of nitrogens with zero attached hydrogens (tertiary/aromatic N) is 3. The normalized spacial score (nSPS) is 17.8. The number of urea groups is 1. The van der Waals surface area contributed by atoms with Gasteiger partial charge in [0.25, 0.3) is 5.88 Å². The van der Waals surface area contributed by atoms with Crippen molar-refractivity contribution in [2.75, 3.05) is 45.3 Å². The number of hydrogen-bond acceptors (Lipinski definition) is 6. The minimum absolute atomic E-state index is 0.0961. The minimum Gasteiger partial charge on any atom is -0.473 e. The number of carbonyl (C=O) groups is 1. The zero-order valence-corrected chi connectivity index (χ0v) is 13.7. The molecule has 0 saturated carbocycles. The molecule has 0 aliphatic carbocycles. The van der Waals surface area contributed by atoms with E-state index in [2.05, 4.69) is 15.3 Å². The van der Waals surface area contributed by atoms with Crippen molar-refractivity contribution in [1.29, 1.82) is 0 Å². The summed E-state index contributed by atoms with van der Waals surface area (Å²) in [4.78, 5) is 22.4. The van der Waals surface area contributed by atoms with Crippen LogP contribution < -0.4 is 10.1 Å². The molecule has 1 N–H and O–H groups in total. The van der Waals surface area contributed by atoms with Gasteiger partial charge in [0.15, 0.2) is 5.82 Å². The summed E-state index contributed by atoms with van der Waals surface area (Å²) in [6.07, 6.45) is 5.03. The second-order valence-electron chi connectivity index (χ2n) is 5.15. The van der Waals surface area contributed by atoms with Crippen LogP contribution in [0, 0.1) is 0 Å². The molecule has 1 atom stereocenters. The van der Waals surface area contributed by atoms with Crippen LogP contribution in [0.1, 0.15) is 19.8 Å². The van der Waals surface area contributed by atoms with Gasteiger partial charge in [-0.15, -0.1) is 0 Å². The van der Waals surface area contributed by atoms with E-state index in [1.54, 1.807) is 12.0 Å². The summed E-state index contributed by atoms with van der Waals surface area (Å²) in [6.45, 7) is 4.68. The molecule has 1 aliphatic rings. The number of likely N-dealkylation sites (tertiary alicyclic amines) is 1. The minimum atomic E-state index is -0.216. The van der Waals surface area contributed by atoms with Gasteiger partial charge in [0.1, 0.15) is 6.61 Å². The lowest BCUT2D eigenvalue weighted by Gasteiger charge is -2.32. The highest BCUT2D eigenvalue weighted by molar-refractivity contribution is 5.89. The molecule has 1 aromatic heterocycles. The molecule has 2 amide bonds. The Labute approximate surface area is 136 Å². The molecular weight excluding hydrogens is 300 g/mol. The molecule has 8 heteroatoms. The molecule has 1 saturated heterocycles.